The van der Waals surface area contributed by atoms with Gasteiger partial charge in [-0.05, 0) is 90.6 Å². The van der Waals surface area contributed by atoms with Crippen LogP contribution in [0, 0.1) is 17.8 Å². The standard InChI is InChI=1S/C39H40N2/c1-40-38(33-15-6-3-7-16-33)27-39(35-19-10-18-34(26-35)30-12-4-2-5-13-30)41-28-29-22-24-32(25-23-29)37-21-11-17-31-14-8-9-20-36(31)37/h3-4,6-9,11-12,14-17,20-25,27,30,34-35H,1-2,5,10,13,18-19,26,28H2/b38-27-,41-39?. The topological polar surface area (TPSA) is 24.7 Å². The van der Waals surface area contributed by atoms with Gasteiger partial charge >= 0.3 is 0 Å². The average Bonchev–Trinajstić information content (AvgIpc) is 3.06. The van der Waals surface area contributed by atoms with Crippen LogP contribution in [0.25, 0.3) is 27.6 Å². The molecule has 206 valence electrons. The van der Waals surface area contributed by atoms with Gasteiger partial charge in [0.05, 0.1) is 12.2 Å². The van der Waals surface area contributed by atoms with Gasteiger partial charge in [-0.3, -0.25) is 9.98 Å². The van der Waals surface area contributed by atoms with Gasteiger partial charge in [-0.1, -0.05) is 116 Å². The Balaban J connectivity index is 1.28. The maximum absolute atomic E-state index is 5.30. The van der Waals surface area contributed by atoms with E-state index in [4.69, 9.17) is 4.99 Å². The number of aliphatic imine (C=N–C) groups is 2. The van der Waals surface area contributed by atoms with Gasteiger partial charge in [0.15, 0.2) is 0 Å². The first kappa shape index (κ1) is 27.1. The molecule has 0 radical (unpaired) electrons. The Bertz CT molecular complexity index is 1550. The fourth-order valence-corrected chi connectivity index (χ4v) is 6.83. The lowest BCUT2D eigenvalue weighted by atomic mass is 9.71. The summed E-state index contributed by atoms with van der Waals surface area (Å²) in [7, 11) is 0. The molecular weight excluding hydrogens is 496 g/mol. The van der Waals surface area contributed by atoms with Gasteiger partial charge in [-0.25, -0.2) is 0 Å². The molecule has 0 aliphatic heterocycles. The number of hydrogen-bond acceptors (Lipinski definition) is 2. The van der Waals surface area contributed by atoms with Crippen LogP contribution in [0.1, 0.15) is 56.1 Å². The second-order valence-corrected chi connectivity index (χ2v) is 11.7. The van der Waals surface area contributed by atoms with Crippen molar-refractivity contribution in [3.05, 3.63) is 126 Å². The number of hydrogen-bond donors (Lipinski definition) is 0. The molecule has 4 aromatic carbocycles. The molecule has 0 spiro atoms. The van der Waals surface area contributed by atoms with Gasteiger partial charge in [0.1, 0.15) is 0 Å². The Morgan fingerprint density at radius 2 is 1.61 bits per heavy atom. The summed E-state index contributed by atoms with van der Waals surface area (Å²) in [4.78, 5) is 9.74. The molecule has 0 heterocycles. The molecule has 2 aliphatic rings. The van der Waals surface area contributed by atoms with E-state index in [1.54, 1.807) is 0 Å². The van der Waals surface area contributed by atoms with Crippen molar-refractivity contribution < 1.29 is 0 Å². The number of allylic oxidation sites excluding steroid dienone is 3. The van der Waals surface area contributed by atoms with Crippen molar-refractivity contribution in [2.75, 3.05) is 0 Å². The molecule has 0 aromatic heterocycles. The molecule has 2 nitrogen and oxygen atoms in total. The lowest BCUT2D eigenvalue weighted by Crippen LogP contribution is -2.27. The van der Waals surface area contributed by atoms with Crippen LogP contribution in [0.2, 0.25) is 0 Å². The highest BCUT2D eigenvalue weighted by Gasteiger charge is 2.30. The smallest absolute Gasteiger partial charge is 0.0712 e. The molecular formula is C39H40N2. The molecule has 1 fully saturated rings. The third kappa shape index (κ3) is 6.49. The minimum atomic E-state index is 0.458. The van der Waals surface area contributed by atoms with E-state index in [0.717, 1.165) is 23.1 Å². The van der Waals surface area contributed by atoms with Crippen LogP contribution in [0.3, 0.4) is 0 Å². The van der Waals surface area contributed by atoms with E-state index in [-0.39, 0.29) is 0 Å². The van der Waals surface area contributed by atoms with E-state index >= 15 is 0 Å². The Morgan fingerprint density at radius 1 is 0.805 bits per heavy atom. The first-order chi connectivity index (χ1) is 20.3. The maximum Gasteiger partial charge on any atom is 0.0712 e. The third-order valence-electron chi connectivity index (χ3n) is 9.05. The quantitative estimate of drug-likeness (QED) is 0.158. The summed E-state index contributed by atoms with van der Waals surface area (Å²) >= 11 is 0. The SMILES string of the molecule is C=N/C(=C\C(=NCc1ccc(-c2cccc3ccccc23)cc1)C1CCCC(C2C=CCCC2)C1)c1ccccc1. The fraction of sp³-hybridized carbons (Fsp3) is 0.282. The molecule has 0 N–H and O–H groups in total. The summed E-state index contributed by atoms with van der Waals surface area (Å²) in [6.07, 6.45) is 16.1. The molecule has 2 heteroatoms. The monoisotopic (exact) mass is 536 g/mol. The number of nitrogens with zero attached hydrogens (tertiary/aromatic N) is 2. The summed E-state index contributed by atoms with van der Waals surface area (Å²) < 4.78 is 0. The second kappa shape index (κ2) is 13.1. The van der Waals surface area contributed by atoms with E-state index in [0.29, 0.717) is 12.5 Å². The average molecular weight is 537 g/mol. The van der Waals surface area contributed by atoms with E-state index in [2.05, 4.69) is 121 Å². The largest absolute Gasteiger partial charge is 0.285 e. The first-order valence-corrected chi connectivity index (χ1v) is 15.3. The molecule has 0 saturated heterocycles. The zero-order valence-electron chi connectivity index (χ0n) is 24.0. The Morgan fingerprint density at radius 3 is 2.41 bits per heavy atom. The summed E-state index contributed by atoms with van der Waals surface area (Å²) in [6, 6.07) is 34.5. The van der Waals surface area contributed by atoms with Crippen molar-refractivity contribution in [2.24, 2.45) is 27.7 Å². The van der Waals surface area contributed by atoms with Crippen LogP contribution >= 0.6 is 0 Å². The van der Waals surface area contributed by atoms with Gasteiger partial charge in [0.25, 0.3) is 0 Å². The molecule has 3 atom stereocenters. The molecule has 2 aliphatic carbocycles. The zero-order valence-corrected chi connectivity index (χ0v) is 24.0. The van der Waals surface area contributed by atoms with Crippen molar-refractivity contribution in [2.45, 2.75) is 51.5 Å². The third-order valence-corrected chi connectivity index (χ3v) is 9.05. The molecule has 0 amide bonds. The molecule has 6 rings (SSSR count). The second-order valence-electron chi connectivity index (χ2n) is 11.7. The lowest BCUT2D eigenvalue weighted by Gasteiger charge is -2.34. The summed E-state index contributed by atoms with van der Waals surface area (Å²) in [5, 5.41) is 2.56. The minimum absolute atomic E-state index is 0.458. The zero-order chi connectivity index (χ0) is 27.9. The van der Waals surface area contributed by atoms with Gasteiger partial charge in [-0.2, -0.15) is 0 Å². The van der Waals surface area contributed by atoms with E-state index in [1.165, 1.54) is 78.1 Å². The lowest BCUT2D eigenvalue weighted by molar-refractivity contribution is 0.242. The van der Waals surface area contributed by atoms with Crippen LogP contribution in [0.4, 0.5) is 0 Å². The molecule has 3 unspecified atom stereocenters. The highest BCUT2D eigenvalue weighted by Crippen LogP contribution is 2.39. The number of rotatable bonds is 8. The first-order valence-electron chi connectivity index (χ1n) is 15.3. The van der Waals surface area contributed by atoms with Gasteiger partial charge in [0, 0.05) is 17.2 Å². The van der Waals surface area contributed by atoms with Crippen LogP contribution in [0.15, 0.2) is 125 Å². The van der Waals surface area contributed by atoms with Crippen molar-refractivity contribution in [3.63, 3.8) is 0 Å². The number of benzene rings is 4. The van der Waals surface area contributed by atoms with Crippen molar-refractivity contribution in [1.82, 2.24) is 0 Å². The Hall–Kier alpha value is -4.04. The van der Waals surface area contributed by atoms with E-state index < -0.39 is 0 Å². The van der Waals surface area contributed by atoms with Gasteiger partial charge in [-0.15, -0.1) is 0 Å². The highest BCUT2D eigenvalue weighted by atomic mass is 14.8. The minimum Gasteiger partial charge on any atom is -0.285 e. The van der Waals surface area contributed by atoms with Gasteiger partial charge in [0.2, 0.25) is 0 Å². The van der Waals surface area contributed by atoms with Crippen LogP contribution in [0.5, 0.6) is 0 Å². The van der Waals surface area contributed by atoms with Gasteiger partial charge < -0.3 is 0 Å². The van der Waals surface area contributed by atoms with Crippen molar-refractivity contribution in [3.8, 4) is 11.1 Å². The normalized spacial score (nSPS) is 21.6. The van der Waals surface area contributed by atoms with Crippen molar-refractivity contribution >= 4 is 28.9 Å². The molecule has 1 saturated carbocycles. The van der Waals surface area contributed by atoms with E-state index in [9.17, 15) is 0 Å². The van der Waals surface area contributed by atoms with Crippen LogP contribution < -0.4 is 0 Å². The molecule has 0 bridgehead atoms. The van der Waals surface area contributed by atoms with E-state index in [1.807, 2.05) is 6.07 Å². The Labute approximate surface area is 245 Å². The summed E-state index contributed by atoms with van der Waals surface area (Å²) in [5.41, 5.74) is 6.94. The predicted octanol–water partition coefficient (Wildman–Crippen LogP) is 10.4. The number of fused-ring (bicyclic) bond motifs is 1. The van der Waals surface area contributed by atoms with Crippen LogP contribution in [-0.4, -0.2) is 12.4 Å². The highest BCUT2D eigenvalue weighted by molar-refractivity contribution is 6.02. The summed E-state index contributed by atoms with van der Waals surface area (Å²) in [5.74, 6) is 1.93. The summed E-state index contributed by atoms with van der Waals surface area (Å²) in [6.45, 7) is 4.59. The predicted molar refractivity (Wildman–Crippen MR) is 176 cm³/mol. The fourth-order valence-electron chi connectivity index (χ4n) is 6.83. The molecule has 41 heavy (non-hydrogen) atoms. The Kier molecular flexibility index (Phi) is 8.66. The molecule has 4 aromatic rings. The van der Waals surface area contributed by atoms with Crippen LogP contribution in [-0.2, 0) is 6.54 Å². The maximum atomic E-state index is 5.30. The van der Waals surface area contributed by atoms with Crippen molar-refractivity contribution in [1.29, 1.82) is 0 Å².